The number of anilines is 2. The maximum atomic E-state index is 13.0. The molecule has 1 saturated heterocycles. The van der Waals surface area contributed by atoms with Crippen LogP contribution < -0.4 is 15.4 Å². The van der Waals surface area contributed by atoms with E-state index in [4.69, 9.17) is 17.0 Å². The second kappa shape index (κ2) is 9.56. The fourth-order valence-electron chi connectivity index (χ4n) is 3.31. The van der Waals surface area contributed by atoms with Crippen LogP contribution in [0, 0.1) is 0 Å². The predicted octanol–water partition coefficient (Wildman–Crippen LogP) is 4.24. The number of thiocarbonyl (C=S) groups is 1. The molecule has 0 spiro atoms. The average Bonchev–Trinajstić information content (AvgIpc) is 2.74. The molecular formula is C21H27N3O3S2. The molecule has 0 saturated carbocycles. The molecule has 0 aliphatic carbocycles. The van der Waals surface area contributed by atoms with Crippen LogP contribution in [0.2, 0.25) is 0 Å². The van der Waals surface area contributed by atoms with Gasteiger partial charge in [0.25, 0.3) is 0 Å². The van der Waals surface area contributed by atoms with E-state index in [1.54, 1.807) is 29.6 Å². The van der Waals surface area contributed by atoms with Crippen LogP contribution in [0.3, 0.4) is 0 Å². The van der Waals surface area contributed by atoms with Gasteiger partial charge in [0.2, 0.25) is 10.0 Å². The SMILES string of the molecule is CCc1ccc(NC(=S)Nc2cc(S(=O)(=O)N3CCCCC3)ccc2OC)cc1. The quantitative estimate of drug-likeness (QED) is 0.664. The molecule has 1 heterocycles. The van der Waals surface area contributed by atoms with Gasteiger partial charge in [-0.3, -0.25) is 0 Å². The van der Waals surface area contributed by atoms with Crippen LogP contribution in [0.4, 0.5) is 11.4 Å². The van der Waals surface area contributed by atoms with Gasteiger partial charge in [-0.05, 0) is 67.4 Å². The van der Waals surface area contributed by atoms with Crippen LogP contribution in [0.5, 0.6) is 5.75 Å². The largest absolute Gasteiger partial charge is 0.495 e. The molecule has 0 amide bonds. The third-order valence-electron chi connectivity index (χ3n) is 4.99. The number of hydrogen-bond donors (Lipinski definition) is 2. The minimum absolute atomic E-state index is 0.234. The van der Waals surface area contributed by atoms with Gasteiger partial charge in [0.05, 0.1) is 17.7 Å². The number of methoxy groups -OCH3 is 1. The molecule has 2 aromatic rings. The summed E-state index contributed by atoms with van der Waals surface area (Å²) in [5.74, 6) is 0.521. The molecule has 2 aromatic carbocycles. The molecule has 2 N–H and O–H groups in total. The Kier molecular flexibility index (Phi) is 7.10. The van der Waals surface area contributed by atoms with Crippen molar-refractivity contribution in [1.82, 2.24) is 4.31 Å². The second-order valence-corrected chi connectivity index (χ2v) is 9.30. The van der Waals surface area contributed by atoms with Gasteiger partial charge >= 0.3 is 0 Å². The Morgan fingerprint density at radius 1 is 1.07 bits per heavy atom. The molecule has 0 bridgehead atoms. The number of rotatable bonds is 6. The second-order valence-electron chi connectivity index (χ2n) is 6.96. The molecule has 1 fully saturated rings. The van der Waals surface area contributed by atoms with Crippen molar-refractivity contribution in [3.63, 3.8) is 0 Å². The molecule has 0 atom stereocenters. The van der Waals surface area contributed by atoms with E-state index in [-0.39, 0.29) is 4.90 Å². The zero-order chi connectivity index (χ0) is 20.9. The van der Waals surface area contributed by atoms with E-state index >= 15 is 0 Å². The van der Waals surface area contributed by atoms with Crippen LogP contribution >= 0.6 is 12.2 Å². The number of piperidine rings is 1. The van der Waals surface area contributed by atoms with Gasteiger partial charge in [0.15, 0.2) is 5.11 Å². The van der Waals surface area contributed by atoms with Gasteiger partial charge in [-0.25, -0.2) is 8.42 Å². The van der Waals surface area contributed by atoms with E-state index in [0.717, 1.165) is 31.4 Å². The van der Waals surface area contributed by atoms with Gasteiger partial charge in [0.1, 0.15) is 5.75 Å². The molecule has 156 valence electrons. The highest BCUT2D eigenvalue weighted by Gasteiger charge is 2.26. The number of nitrogens with zero attached hydrogens (tertiary/aromatic N) is 1. The van der Waals surface area contributed by atoms with Crippen molar-refractivity contribution in [3.05, 3.63) is 48.0 Å². The Bertz CT molecular complexity index is 954. The van der Waals surface area contributed by atoms with Gasteiger partial charge in [-0.1, -0.05) is 25.5 Å². The summed E-state index contributed by atoms with van der Waals surface area (Å²) in [6, 6.07) is 12.8. The minimum atomic E-state index is -3.54. The summed E-state index contributed by atoms with van der Waals surface area (Å²) < 4.78 is 32.9. The Balaban J connectivity index is 1.78. The van der Waals surface area contributed by atoms with Gasteiger partial charge in [-0.2, -0.15) is 4.31 Å². The summed E-state index contributed by atoms with van der Waals surface area (Å²) >= 11 is 5.41. The number of benzene rings is 2. The summed E-state index contributed by atoms with van der Waals surface area (Å²) in [5, 5.41) is 6.55. The van der Waals surface area contributed by atoms with Crippen molar-refractivity contribution in [2.75, 3.05) is 30.8 Å². The number of aryl methyl sites for hydroxylation is 1. The van der Waals surface area contributed by atoms with E-state index in [0.29, 0.717) is 29.6 Å². The smallest absolute Gasteiger partial charge is 0.243 e. The highest BCUT2D eigenvalue weighted by molar-refractivity contribution is 7.89. The third kappa shape index (κ3) is 5.26. The molecular weight excluding hydrogens is 406 g/mol. The normalized spacial score (nSPS) is 15.0. The van der Waals surface area contributed by atoms with E-state index < -0.39 is 10.0 Å². The number of nitrogens with one attached hydrogen (secondary N) is 2. The first-order chi connectivity index (χ1) is 13.9. The minimum Gasteiger partial charge on any atom is -0.495 e. The van der Waals surface area contributed by atoms with Crippen molar-refractivity contribution < 1.29 is 13.2 Å². The summed E-state index contributed by atoms with van der Waals surface area (Å²) in [6.45, 7) is 3.22. The van der Waals surface area contributed by atoms with Crippen LogP contribution in [-0.4, -0.2) is 38.0 Å². The molecule has 0 radical (unpaired) electrons. The Morgan fingerprint density at radius 3 is 2.38 bits per heavy atom. The van der Waals surface area contributed by atoms with Gasteiger partial charge < -0.3 is 15.4 Å². The monoisotopic (exact) mass is 433 g/mol. The van der Waals surface area contributed by atoms with E-state index in [9.17, 15) is 8.42 Å². The van der Waals surface area contributed by atoms with Gasteiger partial charge in [0, 0.05) is 18.8 Å². The fraction of sp³-hybridized carbons (Fsp3) is 0.381. The Labute approximate surface area is 178 Å². The topological polar surface area (TPSA) is 70.7 Å². The molecule has 1 aliphatic rings. The lowest BCUT2D eigenvalue weighted by atomic mass is 10.1. The van der Waals surface area contributed by atoms with Crippen LogP contribution in [0.1, 0.15) is 31.7 Å². The van der Waals surface area contributed by atoms with Crippen molar-refractivity contribution in [2.24, 2.45) is 0 Å². The first kappa shape index (κ1) is 21.5. The zero-order valence-corrected chi connectivity index (χ0v) is 18.4. The fourth-order valence-corrected chi connectivity index (χ4v) is 5.08. The molecule has 8 heteroatoms. The standard InChI is InChI=1S/C21H27N3O3S2/c1-3-16-7-9-17(10-8-16)22-21(28)23-19-15-18(11-12-20(19)27-2)29(25,26)24-13-5-4-6-14-24/h7-12,15H,3-6,13-14H2,1-2H3,(H2,22,23,28). The maximum Gasteiger partial charge on any atom is 0.243 e. The third-order valence-corrected chi connectivity index (χ3v) is 7.09. The van der Waals surface area contributed by atoms with Crippen LogP contribution in [-0.2, 0) is 16.4 Å². The molecule has 0 unspecified atom stereocenters. The Morgan fingerprint density at radius 2 is 1.76 bits per heavy atom. The zero-order valence-electron chi connectivity index (χ0n) is 16.8. The summed E-state index contributed by atoms with van der Waals surface area (Å²) in [5.41, 5.74) is 2.61. The molecule has 1 aliphatic heterocycles. The lowest BCUT2D eigenvalue weighted by Gasteiger charge is -2.26. The first-order valence-corrected chi connectivity index (χ1v) is 11.6. The number of ether oxygens (including phenoxy) is 1. The number of sulfonamides is 1. The van der Waals surface area contributed by atoms with Gasteiger partial charge in [-0.15, -0.1) is 0 Å². The summed E-state index contributed by atoms with van der Waals surface area (Å²) in [4.78, 5) is 0.234. The van der Waals surface area contributed by atoms with E-state index in [2.05, 4.69) is 17.6 Å². The lowest BCUT2D eigenvalue weighted by Crippen LogP contribution is -2.35. The Hall–Kier alpha value is -2.16. The average molecular weight is 434 g/mol. The maximum absolute atomic E-state index is 13.0. The van der Waals surface area contributed by atoms with Crippen molar-refractivity contribution in [2.45, 2.75) is 37.5 Å². The number of hydrogen-bond acceptors (Lipinski definition) is 4. The van der Waals surface area contributed by atoms with Crippen LogP contribution in [0.15, 0.2) is 47.4 Å². The molecule has 29 heavy (non-hydrogen) atoms. The first-order valence-electron chi connectivity index (χ1n) is 9.79. The molecule has 6 nitrogen and oxygen atoms in total. The van der Waals surface area contributed by atoms with Crippen molar-refractivity contribution >= 4 is 38.7 Å². The summed E-state index contributed by atoms with van der Waals surface area (Å²) in [6.07, 6.45) is 3.83. The summed E-state index contributed by atoms with van der Waals surface area (Å²) in [7, 11) is -2.00. The van der Waals surface area contributed by atoms with Crippen molar-refractivity contribution in [1.29, 1.82) is 0 Å². The predicted molar refractivity (Wildman–Crippen MR) is 121 cm³/mol. The lowest BCUT2D eigenvalue weighted by molar-refractivity contribution is 0.346. The van der Waals surface area contributed by atoms with Crippen LogP contribution in [0.25, 0.3) is 0 Å². The van der Waals surface area contributed by atoms with Crippen molar-refractivity contribution in [3.8, 4) is 5.75 Å². The molecule has 3 rings (SSSR count). The highest BCUT2D eigenvalue weighted by Crippen LogP contribution is 2.30. The van der Waals surface area contributed by atoms with E-state index in [1.165, 1.54) is 5.56 Å². The molecule has 0 aromatic heterocycles. The highest BCUT2D eigenvalue weighted by atomic mass is 32.2. The van der Waals surface area contributed by atoms with E-state index in [1.807, 2.05) is 24.3 Å².